The van der Waals surface area contributed by atoms with E-state index in [-0.39, 0.29) is 11.9 Å². The molecular formula is C16H25N3OS. The largest absolute Gasteiger partial charge is 0.368 e. The van der Waals surface area contributed by atoms with Gasteiger partial charge in [0, 0.05) is 31.9 Å². The predicted molar refractivity (Wildman–Crippen MR) is 90.9 cm³/mol. The van der Waals surface area contributed by atoms with Gasteiger partial charge in [0.25, 0.3) is 0 Å². The molecule has 4 nitrogen and oxygen atoms in total. The quantitative estimate of drug-likeness (QED) is 0.900. The number of thioether (sulfide) groups is 1. The molecule has 0 aliphatic carbocycles. The van der Waals surface area contributed by atoms with E-state index in [4.69, 9.17) is 5.73 Å². The van der Waals surface area contributed by atoms with E-state index < -0.39 is 0 Å². The Kier molecular flexibility index (Phi) is 5.94. The fourth-order valence-electron chi connectivity index (χ4n) is 2.69. The minimum absolute atomic E-state index is 0.105. The van der Waals surface area contributed by atoms with Gasteiger partial charge in [-0.05, 0) is 37.0 Å². The number of para-hydroxylation sites is 1. The van der Waals surface area contributed by atoms with Gasteiger partial charge >= 0.3 is 0 Å². The molecule has 5 heteroatoms. The molecule has 1 aromatic carbocycles. The number of benzene rings is 1. The van der Waals surface area contributed by atoms with Gasteiger partial charge < -0.3 is 15.5 Å². The van der Waals surface area contributed by atoms with Gasteiger partial charge in [0.2, 0.25) is 5.91 Å². The number of nitrogens with zero attached hydrogens (tertiary/aromatic N) is 2. The van der Waals surface area contributed by atoms with E-state index in [1.165, 1.54) is 11.3 Å². The smallest absolute Gasteiger partial charge is 0.239 e. The van der Waals surface area contributed by atoms with Crippen molar-refractivity contribution in [3.63, 3.8) is 0 Å². The SMILES string of the molecule is CSCC[C@H](N)C(=O)N1CCN(c2ccccc2C)CC1. The lowest BCUT2D eigenvalue weighted by Gasteiger charge is -2.37. The van der Waals surface area contributed by atoms with Crippen LogP contribution < -0.4 is 10.6 Å². The van der Waals surface area contributed by atoms with Gasteiger partial charge in [0.15, 0.2) is 0 Å². The summed E-state index contributed by atoms with van der Waals surface area (Å²) >= 11 is 1.73. The Bertz CT molecular complexity index is 472. The molecule has 0 unspecified atom stereocenters. The van der Waals surface area contributed by atoms with E-state index >= 15 is 0 Å². The van der Waals surface area contributed by atoms with Gasteiger partial charge in [-0.25, -0.2) is 0 Å². The van der Waals surface area contributed by atoms with Gasteiger partial charge in [-0.2, -0.15) is 11.8 Å². The standard InChI is InChI=1S/C16H25N3OS/c1-13-5-3-4-6-15(13)18-8-10-19(11-9-18)16(20)14(17)7-12-21-2/h3-6,14H,7-12,17H2,1-2H3/t14-/m0/s1. The zero-order valence-electron chi connectivity index (χ0n) is 12.9. The number of carbonyl (C=O) groups excluding carboxylic acids is 1. The molecule has 116 valence electrons. The van der Waals surface area contributed by atoms with Crippen LogP contribution in [-0.2, 0) is 4.79 Å². The van der Waals surface area contributed by atoms with Crippen LogP contribution in [0.1, 0.15) is 12.0 Å². The number of anilines is 1. The summed E-state index contributed by atoms with van der Waals surface area (Å²) in [6, 6.07) is 8.06. The number of carbonyl (C=O) groups is 1. The van der Waals surface area contributed by atoms with E-state index in [9.17, 15) is 4.79 Å². The maximum atomic E-state index is 12.3. The molecule has 1 aliphatic heterocycles. The van der Waals surface area contributed by atoms with Crippen LogP contribution in [-0.4, -0.2) is 55.0 Å². The van der Waals surface area contributed by atoms with E-state index in [0.717, 1.165) is 38.4 Å². The third-order valence-electron chi connectivity index (χ3n) is 4.00. The Morgan fingerprint density at radius 2 is 1.95 bits per heavy atom. The normalized spacial score (nSPS) is 16.9. The van der Waals surface area contributed by atoms with Crippen LogP contribution in [0.4, 0.5) is 5.69 Å². The highest BCUT2D eigenvalue weighted by Gasteiger charge is 2.25. The van der Waals surface area contributed by atoms with E-state index in [2.05, 4.69) is 36.1 Å². The zero-order valence-corrected chi connectivity index (χ0v) is 13.7. The minimum atomic E-state index is -0.345. The van der Waals surface area contributed by atoms with Crippen LogP contribution in [0.2, 0.25) is 0 Å². The summed E-state index contributed by atoms with van der Waals surface area (Å²) < 4.78 is 0. The molecular weight excluding hydrogens is 282 g/mol. The summed E-state index contributed by atoms with van der Waals surface area (Å²) in [6.07, 6.45) is 2.80. The highest BCUT2D eigenvalue weighted by molar-refractivity contribution is 7.98. The average molecular weight is 307 g/mol. The number of rotatable bonds is 5. The van der Waals surface area contributed by atoms with Crippen molar-refractivity contribution in [3.8, 4) is 0 Å². The van der Waals surface area contributed by atoms with Crippen molar-refractivity contribution in [2.45, 2.75) is 19.4 Å². The summed E-state index contributed by atoms with van der Waals surface area (Å²) in [7, 11) is 0. The van der Waals surface area contributed by atoms with Gasteiger partial charge in [-0.3, -0.25) is 4.79 Å². The summed E-state index contributed by atoms with van der Waals surface area (Å²) in [5.41, 5.74) is 8.55. The second-order valence-electron chi connectivity index (χ2n) is 5.49. The zero-order chi connectivity index (χ0) is 15.2. The number of nitrogens with two attached hydrogens (primary N) is 1. The van der Waals surface area contributed by atoms with Gasteiger partial charge in [-0.15, -0.1) is 0 Å². The van der Waals surface area contributed by atoms with Gasteiger partial charge in [0.1, 0.15) is 0 Å². The van der Waals surface area contributed by atoms with Crippen molar-refractivity contribution < 1.29 is 4.79 Å². The topological polar surface area (TPSA) is 49.6 Å². The third kappa shape index (κ3) is 4.14. The molecule has 1 heterocycles. The molecule has 0 bridgehead atoms. The Labute approximate surface area is 131 Å². The molecule has 1 atom stereocenters. The number of piperazine rings is 1. The van der Waals surface area contributed by atoms with Gasteiger partial charge in [-0.1, -0.05) is 18.2 Å². The molecule has 1 aromatic rings. The fraction of sp³-hybridized carbons (Fsp3) is 0.562. The number of hydrogen-bond donors (Lipinski definition) is 1. The van der Waals surface area contributed by atoms with Crippen molar-refractivity contribution in [2.75, 3.05) is 43.1 Å². The molecule has 2 rings (SSSR count). The highest BCUT2D eigenvalue weighted by Crippen LogP contribution is 2.21. The van der Waals surface area contributed by atoms with E-state index in [1.807, 2.05) is 11.2 Å². The lowest BCUT2D eigenvalue weighted by atomic mass is 10.1. The lowest BCUT2D eigenvalue weighted by Crippen LogP contribution is -2.53. The molecule has 21 heavy (non-hydrogen) atoms. The van der Waals surface area contributed by atoms with Crippen LogP contribution in [0, 0.1) is 6.92 Å². The highest BCUT2D eigenvalue weighted by atomic mass is 32.2. The summed E-state index contributed by atoms with van der Waals surface area (Å²) in [5.74, 6) is 1.05. The second-order valence-corrected chi connectivity index (χ2v) is 6.47. The van der Waals surface area contributed by atoms with Crippen LogP contribution in [0.3, 0.4) is 0 Å². The van der Waals surface area contributed by atoms with Crippen LogP contribution in [0.15, 0.2) is 24.3 Å². The summed E-state index contributed by atoms with van der Waals surface area (Å²) in [4.78, 5) is 16.6. The first kappa shape index (κ1) is 16.2. The fourth-order valence-corrected chi connectivity index (χ4v) is 3.18. The first-order chi connectivity index (χ1) is 10.1. The summed E-state index contributed by atoms with van der Waals surface area (Å²) in [5, 5.41) is 0. The number of amides is 1. The summed E-state index contributed by atoms with van der Waals surface area (Å²) in [6.45, 7) is 5.42. The molecule has 1 amide bonds. The molecule has 1 saturated heterocycles. The van der Waals surface area contributed by atoms with E-state index in [1.54, 1.807) is 11.8 Å². The van der Waals surface area contributed by atoms with Crippen molar-refractivity contribution in [1.29, 1.82) is 0 Å². The van der Waals surface area contributed by atoms with Crippen LogP contribution in [0.5, 0.6) is 0 Å². The Balaban J connectivity index is 1.88. The predicted octanol–water partition coefficient (Wildman–Crippen LogP) is 1.72. The first-order valence-electron chi connectivity index (χ1n) is 7.47. The van der Waals surface area contributed by atoms with Crippen molar-refractivity contribution in [2.24, 2.45) is 5.73 Å². The Hall–Kier alpha value is -1.20. The monoisotopic (exact) mass is 307 g/mol. The Morgan fingerprint density at radius 1 is 1.29 bits per heavy atom. The maximum Gasteiger partial charge on any atom is 0.239 e. The van der Waals surface area contributed by atoms with Crippen molar-refractivity contribution >= 4 is 23.4 Å². The average Bonchev–Trinajstić information content (AvgIpc) is 2.52. The van der Waals surface area contributed by atoms with Gasteiger partial charge in [0.05, 0.1) is 6.04 Å². The van der Waals surface area contributed by atoms with Crippen molar-refractivity contribution in [1.82, 2.24) is 4.90 Å². The van der Waals surface area contributed by atoms with Crippen LogP contribution >= 0.6 is 11.8 Å². The third-order valence-corrected chi connectivity index (χ3v) is 4.64. The lowest BCUT2D eigenvalue weighted by molar-refractivity contribution is -0.132. The molecule has 2 N–H and O–H groups in total. The molecule has 1 fully saturated rings. The molecule has 0 radical (unpaired) electrons. The second kappa shape index (κ2) is 7.71. The number of aryl methyl sites for hydroxylation is 1. The van der Waals surface area contributed by atoms with E-state index in [0.29, 0.717) is 0 Å². The minimum Gasteiger partial charge on any atom is -0.368 e. The molecule has 0 saturated carbocycles. The number of hydrogen-bond acceptors (Lipinski definition) is 4. The first-order valence-corrected chi connectivity index (χ1v) is 8.86. The Morgan fingerprint density at radius 3 is 2.57 bits per heavy atom. The maximum absolute atomic E-state index is 12.3. The van der Waals surface area contributed by atoms with Crippen molar-refractivity contribution in [3.05, 3.63) is 29.8 Å². The molecule has 1 aliphatic rings. The molecule has 0 aromatic heterocycles. The molecule has 0 spiro atoms. The van der Waals surface area contributed by atoms with Crippen LogP contribution in [0.25, 0.3) is 0 Å².